The Kier molecular flexibility index (Phi) is 5.17. The zero-order valence-corrected chi connectivity index (χ0v) is 13.1. The summed E-state index contributed by atoms with van der Waals surface area (Å²) in [7, 11) is 0. The van der Waals surface area contributed by atoms with Crippen LogP contribution < -0.4 is 10.6 Å². The maximum Gasteiger partial charge on any atom is 0.317 e. The van der Waals surface area contributed by atoms with E-state index in [1.165, 1.54) is 6.26 Å². The Balaban J connectivity index is 1.39. The largest absolute Gasteiger partial charge is 0.467 e. The van der Waals surface area contributed by atoms with Crippen molar-refractivity contribution in [1.82, 2.24) is 15.5 Å². The fraction of sp³-hybridized carbons (Fsp3) is 0.375. The molecule has 3 heterocycles. The average molecular weight is 333 g/mol. The summed E-state index contributed by atoms with van der Waals surface area (Å²) in [4.78, 5) is 25.5. The molecule has 3 rings (SSSR count). The Bertz CT molecular complexity index is 653. The van der Waals surface area contributed by atoms with Crippen molar-refractivity contribution in [1.29, 1.82) is 0 Å². The minimum atomic E-state index is -0.307. The quantitative estimate of drug-likeness (QED) is 0.806. The molecule has 3 amide bonds. The fourth-order valence-electron chi connectivity index (χ4n) is 2.43. The van der Waals surface area contributed by atoms with E-state index in [9.17, 15) is 9.59 Å². The lowest BCUT2D eigenvalue weighted by atomic mass is 10.2. The standard InChI is InChI=1S/C16H19N3O5/c20-15(13-4-2-9-23-13)17-5-6-18-16(21)19-7-10-24-14(11-19)12-3-1-8-22-12/h1-4,8-9,14H,5-7,10-11H2,(H,17,20)(H,18,21). The highest BCUT2D eigenvalue weighted by Gasteiger charge is 2.26. The third kappa shape index (κ3) is 3.96. The minimum absolute atomic E-state index is 0.192. The van der Waals surface area contributed by atoms with E-state index in [-0.39, 0.29) is 23.8 Å². The van der Waals surface area contributed by atoms with E-state index >= 15 is 0 Å². The van der Waals surface area contributed by atoms with Crippen molar-refractivity contribution in [2.75, 3.05) is 32.8 Å². The second-order valence-electron chi connectivity index (χ2n) is 5.29. The normalized spacial score (nSPS) is 17.5. The van der Waals surface area contributed by atoms with E-state index in [1.54, 1.807) is 29.4 Å². The summed E-state index contributed by atoms with van der Waals surface area (Å²) >= 11 is 0. The molecule has 128 valence electrons. The lowest BCUT2D eigenvalue weighted by Gasteiger charge is -2.32. The number of urea groups is 1. The third-order valence-corrected chi connectivity index (χ3v) is 3.65. The number of amides is 3. The molecule has 1 fully saturated rings. The summed E-state index contributed by atoms with van der Waals surface area (Å²) in [6.07, 6.45) is 2.77. The van der Waals surface area contributed by atoms with Gasteiger partial charge in [-0.15, -0.1) is 0 Å². The van der Waals surface area contributed by atoms with Gasteiger partial charge in [0.15, 0.2) is 5.76 Å². The molecule has 0 aromatic carbocycles. The van der Waals surface area contributed by atoms with Gasteiger partial charge < -0.3 is 29.1 Å². The van der Waals surface area contributed by atoms with Gasteiger partial charge in [0.1, 0.15) is 11.9 Å². The molecular formula is C16H19N3O5. The number of carbonyl (C=O) groups excluding carboxylic acids is 2. The first-order chi connectivity index (χ1) is 11.7. The van der Waals surface area contributed by atoms with Crippen LogP contribution in [0.3, 0.4) is 0 Å². The highest BCUT2D eigenvalue weighted by atomic mass is 16.5. The van der Waals surface area contributed by atoms with Crippen LogP contribution in [0.15, 0.2) is 45.6 Å². The van der Waals surface area contributed by atoms with Crippen molar-refractivity contribution in [2.45, 2.75) is 6.10 Å². The van der Waals surface area contributed by atoms with Gasteiger partial charge >= 0.3 is 6.03 Å². The molecule has 0 spiro atoms. The van der Waals surface area contributed by atoms with Crippen molar-refractivity contribution in [2.24, 2.45) is 0 Å². The zero-order chi connectivity index (χ0) is 16.8. The van der Waals surface area contributed by atoms with E-state index in [0.29, 0.717) is 38.5 Å². The Labute approximate surface area is 138 Å². The summed E-state index contributed by atoms with van der Waals surface area (Å²) in [5.41, 5.74) is 0. The number of rotatable bonds is 5. The first-order valence-corrected chi connectivity index (χ1v) is 7.73. The van der Waals surface area contributed by atoms with E-state index in [4.69, 9.17) is 13.6 Å². The molecule has 2 aromatic heterocycles. The van der Waals surface area contributed by atoms with Crippen molar-refractivity contribution >= 4 is 11.9 Å². The molecule has 8 heteroatoms. The van der Waals surface area contributed by atoms with Crippen LogP contribution in [-0.2, 0) is 4.74 Å². The smallest absolute Gasteiger partial charge is 0.317 e. The van der Waals surface area contributed by atoms with Crippen LogP contribution in [0, 0.1) is 0 Å². The summed E-state index contributed by atoms with van der Waals surface area (Å²) in [5, 5.41) is 5.44. The first kappa shape index (κ1) is 16.1. The van der Waals surface area contributed by atoms with Crippen LogP contribution in [0.2, 0.25) is 0 Å². The van der Waals surface area contributed by atoms with Crippen LogP contribution in [0.25, 0.3) is 0 Å². The lowest BCUT2D eigenvalue weighted by Crippen LogP contribution is -2.48. The number of furan rings is 2. The number of nitrogens with one attached hydrogen (secondary N) is 2. The summed E-state index contributed by atoms with van der Waals surface area (Å²) in [5.74, 6) is 0.646. The van der Waals surface area contributed by atoms with Crippen LogP contribution in [0.4, 0.5) is 4.79 Å². The van der Waals surface area contributed by atoms with Gasteiger partial charge in [-0.3, -0.25) is 4.79 Å². The van der Waals surface area contributed by atoms with Gasteiger partial charge in [-0.2, -0.15) is 0 Å². The summed E-state index contributed by atoms with van der Waals surface area (Å²) in [6.45, 7) is 2.04. The third-order valence-electron chi connectivity index (χ3n) is 3.65. The molecule has 0 aliphatic carbocycles. The molecule has 24 heavy (non-hydrogen) atoms. The second-order valence-corrected chi connectivity index (χ2v) is 5.29. The molecule has 0 saturated carbocycles. The van der Waals surface area contributed by atoms with Crippen molar-refractivity contribution in [3.63, 3.8) is 0 Å². The Hall–Kier alpha value is -2.74. The zero-order valence-electron chi connectivity index (χ0n) is 13.1. The van der Waals surface area contributed by atoms with Crippen molar-refractivity contribution < 1.29 is 23.2 Å². The molecule has 8 nitrogen and oxygen atoms in total. The Morgan fingerprint density at radius 2 is 1.92 bits per heavy atom. The summed E-state index contributed by atoms with van der Waals surface area (Å²) in [6, 6.07) is 6.65. The maximum absolute atomic E-state index is 12.2. The number of hydrogen-bond donors (Lipinski definition) is 2. The summed E-state index contributed by atoms with van der Waals surface area (Å²) < 4.78 is 15.9. The van der Waals surface area contributed by atoms with Crippen LogP contribution in [0.1, 0.15) is 22.4 Å². The van der Waals surface area contributed by atoms with Crippen LogP contribution >= 0.6 is 0 Å². The predicted molar refractivity (Wildman–Crippen MR) is 83.4 cm³/mol. The van der Waals surface area contributed by atoms with Gasteiger partial charge in [-0.05, 0) is 24.3 Å². The highest BCUT2D eigenvalue weighted by Crippen LogP contribution is 2.22. The second kappa shape index (κ2) is 7.69. The SMILES string of the molecule is O=C(NCCNC(=O)N1CCOC(c2ccco2)C1)c1ccco1. The van der Waals surface area contributed by atoms with Gasteiger partial charge in [0.2, 0.25) is 0 Å². The van der Waals surface area contributed by atoms with E-state index in [1.807, 2.05) is 6.07 Å². The molecule has 1 unspecified atom stereocenters. The topological polar surface area (TPSA) is 97.0 Å². The molecule has 2 aromatic rings. The predicted octanol–water partition coefficient (Wildman–Crippen LogP) is 1.39. The molecule has 1 aliphatic rings. The Morgan fingerprint density at radius 3 is 2.67 bits per heavy atom. The molecule has 2 N–H and O–H groups in total. The molecule has 1 saturated heterocycles. The van der Waals surface area contributed by atoms with Gasteiger partial charge in [0.05, 0.1) is 25.7 Å². The van der Waals surface area contributed by atoms with E-state index in [2.05, 4.69) is 10.6 Å². The average Bonchev–Trinajstić information content (AvgIpc) is 3.32. The molecule has 0 radical (unpaired) electrons. The van der Waals surface area contributed by atoms with Crippen LogP contribution in [-0.4, -0.2) is 49.6 Å². The number of nitrogens with zero attached hydrogens (tertiary/aromatic N) is 1. The van der Waals surface area contributed by atoms with Gasteiger partial charge in [-0.1, -0.05) is 0 Å². The molecule has 1 atom stereocenters. The first-order valence-electron chi connectivity index (χ1n) is 7.73. The molecule has 0 bridgehead atoms. The van der Waals surface area contributed by atoms with E-state index < -0.39 is 0 Å². The van der Waals surface area contributed by atoms with Gasteiger partial charge in [-0.25, -0.2) is 4.79 Å². The minimum Gasteiger partial charge on any atom is -0.467 e. The number of morpholine rings is 1. The van der Waals surface area contributed by atoms with E-state index in [0.717, 1.165) is 0 Å². The molecule has 1 aliphatic heterocycles. The van der Waals surface area contributed by atoms with Gasteiger partial charge in [0, 0.05) is 19.6 Å². The number of hydrogen-bond acceptors (Lipinski definition) is 5. The fourth-order valence-corrected chi connectivity index (χ4v) is 2.43. The maximum atomic E-state index is 12.2. The van der Waals surface area contributed by atoms with Gasteiger partial charge in [0.25, 0.3) is 5.91 Å². The van der Waals surface area contributed by atoms with Crippen molar-refractivity contribution in [3.8, 4) is 0 Å². The molecular weight excluding hydrogens is 314 g/mol. The van der Waals surface area contributed by atoms with Crippen LogP contribution in [0.5, 0.6) is 0 Å². The monoisotopic (exact) mass is 333 g/mol. The van der Waals surface area contributed by atoms with Crippen molar-refractivity contribution in [3.05, 3.63) is 48.3 Å². The Morgan fingerprint density at radius 1 is 1.12 bits per heavy atom. The lowest BCUT2D eigenvalue weighted by molar-refractivity contribution is -0.0259. The highest BCUT2D eigenvalue weighted by molar-refractivity contribution is 5.91. The number of carbonyl (C=O) groups is 2. The number of ether oxygens (including phenoxy) is 1.